The van der Waals surface area contributed by atoms with Gasteiger partial charge in [-0.2, -0.15) is 0 Å². The van der Waals surface area contributed by atoms with Crippen molar-refractivity contribution in [3.63, 3.8) is 0 Å². The summed E-state index contributed by atoms with van der Waals surface area (Å²) in [6, 6.07) is 0. The minimum atomic E-state index is 0.563. The Morgan fingerprint density at radius 1 is 1.29 bits per heavy atom. The average Bonchev–Trinajstić information content (AvgIpc) is 2.70. The molecule has 0 aliphatic heterocycles. The molecule has 0 fully saturated rings. The van der Waals surface area contributed by atoms with Gasteiger partial charge < -0.3 is 5.73 Å². The van der Waals surface area contributed by atoms with Crippen molar-refractivity contribution in [1.29, 1.82) is 0 Å². The van der Waals surface area contributed by atoms with Gasteiger partial charge in [-0.15, -0.1) is 11.3 Å². The molecule has 2 N–H and O–H groups in total. The van der Waals surface area contributed by atoms with E-state index in [4.69, 9.17) is 5.73 Å². The maximum absolute atomic E-state index is 5.87. The van der Waals surface area contributed by atoms with E-state index in [-0.39, 0.29) is 0 Å². The largest absolute Gasteiger partial charge is 0.383 e. The van der Waals surface area contributed by atoms with Gasteiger partial charge in [-0.05, 0) is 25.6 Å². The lowest BCUT2D eigenvalue weighted by molar-refractivity contribution is 0.878. The number of thiazole rings is 1. The first-order chi connectivity index (χ1) is 8.10. The molecule has 0 spiro atoms. The van der Waals surface area contributed by atoms with Gasteiger partial charge in [-0.1, -0.05) is 6.92 Å². The first kappa shape index (κ1) is 12.3. The fourth-order valence-corrected chi connectivity index (χ4v) is 3.14. The van der Waals surface area contributed by atoms with Crippen LogP contribution >= 0.6 is 23.1 Å². The predicted octanol–water partition coefficient (Wildman–Crippen LogP) is 2.85. The molecule has 2 aromatic heterocycles. The third-order valence-corrected chi connectivity index (χ3v) is 4.43. The number of nitrogen functional groups attached to an aromatic ring is 1. The second kappa shape index (κ2) is 5.01. The minimum absolute atomic E-state index is 0.563. The quantitative estimate of drug-likeness (QED) is 0.865. The molecule has 0 bridgehead atoms. The Morgan fingerprint density at radius 3 is 2.65 bits per heavy atom. The van der Waals surface area contributed by atoms with E-state index in [0.717, 1.165) is 32.9 Å². The fourth-order valence-electron chi connectivity index (χ4n) is 1.28. The van der Waals surface area contributed by atoms with Gasteiger partial charge in [-0.3, -0.25) is 0 Å². The van der Waals surface area contributed by atoms with Crippen molar-refractivity contribution in [1.82, 2.24) is 15.0 Å². The number of aryl methyl sites for hydroxylation is 2. The van der Waals surface area contributed by atoms with E-state index in [1.807, 2.05) is 26.2 Å². The molecule has 90 valence electrons. The van der Waals surface area contributed by atoms with E-state index >= 15 is 0 Å². The highest BCUT2D eigenvalue weighted by Gasteiger charge is 2.11. The standard InChI is InChI=1S/C11H14N4S2/c1-4-8-14-9(12)7(3)10(15-8)17-11-13-6(2)5-16-11/h5H,4H2,1-3H3,(H2,12,14,15). The van der Waals surface area contributed by atoms with Crippen LogP contribution in [-0.2, 0) is 6.42 Å². The van der Waals surface area contributed by atoms with E-state index in [2.05, 4.69) is 15.0 Å². The highest BCUT2D eigenvalue weighted by Crippen LogP contribution is 2.32. The van der Waals surface area contributed by atoms with E-state index in [9.17, 15) is 0 Å². The second-order valence-corrected chi connectivity index (χ2v) is 5.76. The summed E-state index contributed by atoms with van der Waals surface area (Å²) in [7, 11) is 0. The molecule has 2 rings (SSSR count). The first-order valence-electron chi connectivity index (χ1n) is 5.33. The number of hydrogen-bond donors (Lipinski definition) is 1. The molecular formula is C11H14N4S2. The summed E-state index contributed by atoms with van der Waals surface area (Å²) >= 11 is 3.18. The third-order valence-electron chi connectivity index (χ3n) is 2.28. The van der Waals surface area contributed by atoms with Gasteiger partial charge in [0.25, 0.3) is 0 Å². The summed E-state index contributed by atoms with van der Waals surface area (Å²) in [4.78, 5) is 13.1. The van der Waals surface area contributed by atoms with E-state index in [1.165, 1.54) is 0 Å². The molecule has 2 aromatic rings. The molecule has 0 aromatic carbocycles. The highest BCUT2D eigenvalue weighted by molar-refractivity contribution is 8.01. The van der Waals surface area contributed by atoms with Crippen LogP contribution in [0, 0.1) is 13.8 Å². The topological polar surface area (TPSA) is 64.7 Å². The van der Waals surface area contributed by atoms with Gasteiger partial charge in [0, 0.05) is 23.1 Å². The predicted molar refractivity (Wildman–Crippen MR) is 71.5 cm³/mol. The molecule has 0 aliphatic carbocycles. The van der Waals surface area contributed by atoms with Crippen LogP contribution in [0.5, 0.6) is 0 Å². The minimum Gasteiger partial charge on any atom is -0.383 e. The van der Waals surface area contributed by atoms with Crippen LogP contribution in [0.4, 0.5) is 5.82 Å². The Bertz CT molecular complexity index is 536. The van der Waals surface area contributed by atoms with E-state index in [1.54, 1.807) is 23.1 Å². The Hall–Kier alpha value is -1.14. The SMILES string of the molecule is CCc1nc(N)c(C)c(Sc2nc(C)cs2)n1. The molecule has 0 unspecified atom stereocenters. The zero-order valence-electron chi connectivity index (χ0n) is 10.0. The Labute approximate surface area is 109 Å². The van der Waals surface area contributed by atoms with Crippen molar-refractivity contribution < 1.29 is 0 Å². The Kier molecular flexibility index (Phi) is 3.63. The van der Waals surface area contributed by atoms with Gasteiger partial charge in [-0.25, -0.2) is 15.0 Å². The normalized spacial score (nSPS) is 10.8. The summed E-state index contributed by atoms with van der Waals surface area (Å²) in [6.07, 6.45) is 0.787. The van der Waals surface area contributed by atoms with Crippen molar-refractivity contribution in [2.45, 2.75) is 36.6 Å². The van der Waals surface area contributed by atoms with Crippen molar-refractivity contribution >= 4 is 28.9 Å². The van der Waals surface area contributed by atoms with Crippen LogP contribution in [0.3, 0.4) is 0 Å². The molecule has 0 saturated heterocycles. The van der Waals surface area contributed by atoms with Crippen LogP contribution in [0.2, 0.25) is 0 Å². The molecular weight excluding hydrogens is 252 g/mol. The van der Waals surface area contributed by atoms with Gasteiger partial charge in [0.1, 0.15) is 16.7 Å². The van der Waals surface area contributed by atoms with E-state index in [0.29, 0.717) is 5.82 Å². The van der Waals surface area contributed by atoms with Gasteiger partial charge in [0.05, 0.1) is 0 Å². The molecule has 6 heteroatoms. The van der Waals surface area contributed by atoms with Crippen LogP contribution in [0.15, 0.2) is 14.7 Å². The van der Waals surface area contributed by atoms with Crippen molar-refractivity contribution in [2.75, 3.05) is 5.73 Å². The lowest BCUT2D eigenvalue weighted by Crippen LogP contribution is -2.03. The zero-order chi connectivity index (χ0) is 12.4. The third kappa shape index (κ3) is 2.76. The molecule has 0 radical (unpaired) electrons. The number of rotatable bonds is 3. The smallest absolute Gasteiger partial charge is 0.156 e. The summed E-state index contributed by atoms with van der Waals surface area (Å²) in [5, 5.41) is 2.94. The monoisotopic (exact) mass is 266 g/mol. The fraction of sp³-hybridized carbons (Fsp3) is 0.364. The molecule has 0 atom stereocenters. The molecule has 2 heterocycles. The molecule has 0 aliphatic rings. The maximum atomic E-state index is 5.87. The molecule has 17 heavy (non-hydrogen) atoms. The van der Waals surface area contributed by atoms with Gasteiger partial charge in [0.2, 0.25) is 0 Å². The van der Waals surface area contributed by atoms with Gasteiger partial charge >= 0.3 is 0 Å². The number of hydrogen-bond acceptors (Lipinski definition) is 6. The molecule has 0 amide bonds. The van der Waals surface area contributed by atoms with Crippen molar-refractivity contribution in [3.8, 4) is 0 Å². The lowest BCUT2D eigenvalue weighted by atomic mass is 10.3. The van der Waals surface area contributed by atoms with Crippen LogP contribution < -0.4 is 5.73 Å². The number of nitrogens with zero attached hydrogens (tertiary/aromatic N) is 3. The molecule has 0 saturated carbocycles. The van der Waals surface area contributed by atoms with Crippen LogP contribution in [0.25, 0.3) is 0 Å². The Balaban J connectivity index is 2.34. The second-order valence-electron chi connectivity index (χ2n) is 3.67. The summed E-state index contributed by atoms with van der Waals surface area (Å²) < 4.78 is 0.991. The zero-order valence-corrected chi connectivity index (χ0v) is 11.7. The molecule has 4 nitrogen and oxygen atoms in total. The van der Waals surface area contributed by atoms with Crippen molar-refractivity contribution in [2.24, 2.45) is 0 Å². The summed E-state index contributed by atoms with van der Waals surface area (Å²) in [5.41, 5.74) is 7.84. The lowest BCUT2D eigenvalue weighted by Gasteiger charge is -2.07. The van der Waals surface area contributed by atoms with E-state index < -0.39 is 0 Å². The van der Waals surface area contributed by atoms with Crippen LogP contribution in [0.1, 0.15) is 24.0 Å². The summed E-state index contributed by atoms with van der Waals surface area (Å²) in [6.45, 7) is 5.95. The van der Waals surface area contributed by atoms with Gasteiger partial charge in [0.15, 0.2) is 4.34 Å². The number of nitrogens with two attached hydrogens (primary N) is 1. The first-order valence-corrected chi connectivity index (χ1v) is 7.02. The van der Waals surface area contributed by atoms with Crippen LogP contribution in [-0.4, -0.2) is 15.0 Å². The number of aromatic nitrogens is 3. The van der Waals surface area contributed by atoms with Crippen molar-refractivity contribution in [3.05, 3.63) is 22.5 Å². The highest BCUT2D eigenvalue weighted by atomic mass is 32.2. The Morgan fingerprint density at radius 2 is 2.06 bits per heavy atom. The average molecular weight is 266 g/mol. The maximum Gasteiger partial charge on any atom is 0.156 e. The summed E-state index contributed by atoms with van der Waals surface area (Å²) in [5.74, 6) is 1.34. The number of anilines is 1.